The first-order chi connectivity index (χ1) is 20.5. The Morgan fingerprint density at radius 2 is 1.62 bits per heavy atom. The maximum atomic E-state index is 5.37. The van der Waals surface area contributed by atoms with Crippen LogP contribution in [0.4, 0.5) is 22.9 Å². The molecular weight excluding hydrogens is 522 g/mol. The molecule has 0 bridgehead atoms. The molecule has 0 fully saturated rings. The highest BCUT2D eigenvalue weighted by molar-refractivity contribution is 6.51. The minimum Gasteiger partial charge on any atom is -0.497 e. The van der Waals surface area contributed by atoms with Gasteiger partial charge in [-0.1, -0.05) is 56.3 Å². The number of rotatable bonds is 5. The molecule has 3 aromatic carbocycles. The van der Waals surface area contributed by atoms with E-state index in [0.717, 1.165) is 45.5 Å². The van der Waals surface area contributed by atoms with Crippen LogP contribution in [0.3, 0.4) is 0 Å². The molecule has 4 heterocycles. The smallest absolute Gasteiger partial charge is 0.179 e. The highest BCUT2D eigenvalue weighted by Gasteiger charge is 2.41. The molecule has 0 aliphatic carbocycles. The highest BCUT2D eigenvalue weighted by atomic mass is 16.5. The van der Waals surface area contributed by atoms with Crippen molar-refractivity contribution in [1.29, 1.82) is 0 Å². The summed E-state index contributed by atoms with van der Waals surface area (Å²) in [5.41, 5.74) is 7.14. The van der Waals surface area contributed by atoms with Gasteiger partial charge >= 0.3 is 0 Å². The van der Waals surface area contributed by atoms with Gasteiger partial charge in [0.15, 0.2) is 23.3 Å². The van der Waals surface area contributed by atoms with Gasteiger partial charge in [-0.05, 0) is 72.5 Å². The number of benzene rings is 3. The first-order valence-electron chi connectivity index (χ1n) is 14.1. The molecule has 8 heteroatoms. The number of amidine groups is 2. The Kier molecular flexibility index (Phi) is 6.31. The van der Waals surface area contributed by atoms with Crippen molar-refractivity contribution < 1.29 is 4.74 Å². The number of aromatic nitrogens is 3. The number of aryl methyl sites for hydroxylation is 1. The van der Waals surface area contributed by atoms with Gasteiger partial charge in [0.1, 0.15) is 5.75 Å². The van der Waals surface area contributed by atoms with E-state index in [1.54, 1.807) is 13.3 Å². The Labute approximate surface area is 245 Å². The fourth-order valence-corrected chi connectivity index (χ4v) is 5.63. The average Bonchev–Trinajstić information content (AvgIpc) is 3.36. The third-order valence-electron chi connectivity index (χ3n) is 7.78. The van der Waals surface area contributed by atoms with Crippen LogP contribution in [0.1, 0.15) is 48.2 Å². The summed E-state index contributed by atoms with van der Waals surface area (Å²) in [6.07, 6.45) is 1.78. The molecule has 208 valence electrons. The lowest BCUT2D eigenvalue weighted by Gasteiger charge is -2.40. The van der Waals surface area contributed by atoms with Crippen LogP contribution in [0.5, 0.6) is 5.75 Å². The van der Waals surface area contributed by atoms with Gasteiger partial charge in [0.2, 0.25) is 0 Å². The predicted octanol–water partition coefficient (Wildman–Crippen LogP) is 7.50. The van der Waals surface area contributed by atoms with E-state index in [1.807, 2.05) is 65.3 Å². The molecule has 0 unspecified atom stereocenters. The maximum Gasteiger partial charge on any atom is 0.179 e. The Balaban J connectivity index is 1.46. The molecule has 0 spiro atoms. The van der Waals surface area contributed by atoms with Crippen molar-refractivity contribution in [3.8, 4) is 11.6 Å². The van der Waals surface area contributed by atoms with Gasteiger partial charge in [-0.15, -0.1) is 0 Å². The summed E-state index contributed by atoms with van der Waals surface area (Å²) in [6.45, 7) is 6.48. The predicted molar refractivity (Wildman–Crippen MR) is 168 cm³/mol. The van der Waals surface area contributed by atoms with Crippen molar-refractivity contribution in [2.45, 2.75) is 32.7 Å². The number of ether oxygens (including phenoxy) is 1. The van der Waals surface area contributed by atoms with Crippen molar-refractivity contribution in [3.63, 3.8) is 0 Å². The molecule has 42 heavy (non-hydrogen) atoms. The second-order valence-corrected chi connectivity index (χ2v) is 10.8. The van der Waals surface area contributed by atoms with Crippen molar-refractivity contribution in [3.05, 3.63) is 120 Å². The molecule has 7 rings (SSSR count). The van der Waals surface area contributed by atoms with E-state index < -0.39 is 0 Å². The summed E-state index contributed by atoms with van der Waals surface area (Å²) >= 11 is 0. The summed E-state index contributed by atoms with van der Waals surface area (Å²) in [7, 11) is 1.66. The minimum absolute atomic E-state index is 0.185. The molecule has 1 atom stereocenters. The fraction of sp³-hybridized carbons (Fsp3) is 0.176. The lowest BCUT2D eigenvalue weighted by Crippen LogP contribution is -2.46. The molecule has 1 N–H and O–H groups in total. The standard InChI is InChI=1S/C34H31N7O/c1-21(2)23-12-14-24(15-13-23)31-30-22(3)39-41(29-11-7-8-20-35-29)33(30)38-34-32(36-25-16-18-26(42-4)19-17-25)37-27-9-5-6-10-28(27)40(31)34/h5-21,31H,1-4H3,(H,36,37)/t31-/m1/s1. The van der Waals surface area contributed by atoms with E-state index in [0.29, 0.717) is 23.4 Å². The number of pyridine rings is 1. The zero-order valence-corrected chi connectivity index (χ0v) is 24.0. The van der Waals surface area contributed by atoms with Gasteiger partial charge in [-0.3, -0.25) is 0 Å². The Bertz CT molecular complexity index is 1820. The number of hydrogen-bond acceptors (Lipinski definition) is 7. The van der Waals surface area contributed by atoms with Gasteiger partial charge in [0.05, 0.1) is 30.2 Å². The van der Waals surface area contributed by atoms with Crippen LogP contribution in [-0.2, 0) is 0 Å². The normalized spacial score (nSPS) is 15.4. The van der Waals surface area contributed by atoms with E-state index in [9.17, 15) is 0 Å². The summed E-state index contributed by atoms with van der Waals surface area (Å²) < 4.78 is 7.21. The molecule has 2 aromatic heterocycles. The quantitative estimate of drug-likeness (QED) is 0.244. The Morgan fingerprint density at radius 3 is 2.33 bits per heavy atom. The monoisotopic (exact) mass is 553 g/mol. The van der Waals surface area contributed by atoms with Gasteiger partial charge in [-0.25, -0.2) is 15.0 Å². The largest absolute Gasteiger partial charge is 0.497 e. The molecule has 0 saturated carbocycles. The highest BCUT2D eigenvalue weighted by Crippen LogP contribution is 2.48. The molecule has 2 aliphatic heterocycles. The lowest BCUT2D eigenvalue weighted by atomic mass is 9.91. The van der Waals surface area contributed by atoms with Crippen LogP contribution >= 0.6 is 0 Å². The number of nitrogens with one attached hydrogen (secondary N) is 1. The van der Waals surface area contributed by atoms with Crippen molar-refractivity contribution in [2.75, 3.05) is 17.3 Å². The number of fused-ring (bicyclic) bond motifs is 4. The van der Waals surface area contributed by atoms with E-state index in [-0.39, 0.29) is 6.04 Å². The molecule has 0 amide bonds. The first kappa shape index (κ1) is 25.7. The van der Waals surface area contributed by atoms with E-state index in [2.05, 4.69) is 66.3 Å². The number of para-hydroxylation sites is 2. The van der Waals surface area contributed by atoms with Crippen molar-refractivity contribution in [1.82, 2.24) is 14.8 Å². The van der Waals surface area contributed by atoms with Crippen LogP contribution in [-0.4, -0.2) is 33.5 Å². The number of nitrogens with zero attached hydrogens (tertiary/aromatic N) is 6. The molecular formula is C34H31N7O. The third-order valence-corrected chi connectivity index (χ3v) is 7.78. The van der Waals surface area contributed by atoms with E-state index >= 15 is 0 Å². The summed E-state index contributed by atoms with van der Waals surface area (Å²) in [4.78, 5) is 17.2. The summed E-state index contributed by atoms with van der Waals surface area (Å²) in [5.74, 6) is 4.06. The fourth-order valence-electron chi connectivity index (χ4n) is 5.63. The number of methoxy groups -OCH3 is 1. The van der Waals surface area contributed by atoms with E-state index in [4.69, 9.17) is 19.8 Å². The minimum atomic E-state index is -0.185. The molecule has 8 nitrogen and oxygen atoms in total. The van der Waals surface area contributed by atoms with Crippen LogP contribution in [0, 0.1) is 6.92 Å². The summed E-state index contributed by atoms with van der Waals surface area (Å²) in [6, 6.07) is 30.6. The number of aliphatic imine (C=N–C) groups is 2. The second kappa shape index (κ2) is 10.3. The molecule has 5 aromatic rings. The van der Waals surface area contributed by atoms with Crippen LogP contribution in [0.25, 0.3) is 5.82 Å². The van der Waals surface area contributed by atoms with Gasteiger partial charge in [0.25, 0.3) is 0 Å². The van der Waals surface area contributed by atoms with Crippen LogP contribution in [0.15, 0.2) is 107 Å². The molecule has 0 saturated heterocycles. The van der Waals surface area contributed by atoms with Crippen LogP contribution < -0.4 is 15.0 Å². The Hall–Kier alpha value is -5.24. The molecule has 0 radical (unpaired) electrons. The number of hydrogen-bond donors (Lipinski definition) is 1. The van der Waals surface area contributed by atoms with Gasteiger partial charge in [-0.2, -0.15) is 9.78 Å². The average molecular weight is 554 g/mol. The first-order valence-corrected chi connectivity index (χ1v) is 14.1. The lowest BCUT2D eigenvalue weighted by molar-refractivity contribution is 0.415. The van der Waals surface area contributed by atoms with E-state index in [1.165, 1.54) is 5.56 Å². The third kappa shape index (κ3) is 4.32. The topological polar surface area (TPSA) is 79.9 Å². The Morgan fingerprint density at radius 1 is 0.857 bits per heavy atom. The molecule has 2 aliphatic rings. The van der Waals surface area contributed by atoms with Crippen LogP contribution in [0.2, 0.25) is 0 Å². The summed E-state index contributed by atoms with van der Waals surface area (Å²) in [5, 5.41) is 8.51. The second-order valence-electron chi connectivity index (χ2n) is 10.8. The zero-order chi connectivity index (χ0) is 28.8. The number of anilines is 2. The zero-order valence-electron chi connectivity index (χ0n) is 24.0. The van der Waals surface area contributed by atoms with Gasteiger partial charge in [0, 0.05) is 17.4 Å². The van der Waals surface area contributed by atoms with Crippen molar-refractivity contribution >= 4 is 34.6 Å². The van der Waals surface area contributed by atoms with Crippen molar-refractivity contribution in [2.24, 2.45) is 9.98 Å². The maximum absolute atomic E-state index is 5.37. The SMILES string of the molecule is COc1ccc(NC2=Nc3ccccc3N3C2=Nc2c(c(C)nn2-c2ccccn2)[C@H]3c2ccc(C(C)C)cc2)cc1. The van der Waals surface area contributed by atoms with Gasteiger partial charge < -0.3 is 15.0 Å².